The van der Waals surface area contributed by atoms with Crippen molar-refractivity contribution in [3.63, 3.8) is 0 Å². The molecule has 0 bridgehead atoms. The first-order valence-electron chi connectivity index (χ1n) is 8.59. The molecule has 0 aliphatic heterocycles. The van der Waals surface area contributed by atoms with Crippen molar-refractivity contribution in [2.24, 2.45) is 0 Å². The predicted molar refractivity (Wildman–Crippen MR) is 105 cm³/mol. The fraction of sp³-hybridized carbons (Fsp3) is 0.158. The molecule has 0 saturated carbocycles. The Labute approximate surface area is 170 Å². The third-order valence-corrected chi connectivity index (χ3v) is 4.69. The summed E-state index contributed by atoms with van der Waals surface area (Å²) >= 11 is 1.13. The number of imide groups is 1. The van der Waals surface area contributed by atoms with Gasteiger partial charge in [0.05, 0.1) is 18.6 Å². The lowest BCUT2D eigenvalue weighted by Crippen LogP contribution is -2.39. The van der Waals surface area contributed by atoms with Gasteiger partial charge < -0.3 is 9.73 Å². The average Bonchev–Trinajstić information content (AvgIpc) is 3.36. The average molecular weight is 415 g/mol. The molecule has 8 nitrogen and oxygen atoms in total. The maximum Gasteiger partial charge on any atom is 0.321 e. The minimum absolute atomic E-state index is 0.0349. The van der Waals surface area contributed by atoms with Crippen LogP contribution in [0.15, 0.2) is 64.9 Å². The van der Waals surface area contributed by atoms with Crippen LogP contribution in [0.4, 0.5) is 9.18 Å². The molecule has 0 fully saturated rings. The highest BCUT2D eigenvalue weighted by atomic mass is 32.2. The molecule has 0 saturated heterocycles. The molecule has 29 heavy (non-hydrogen) atoms. The van der Waals surface area contributed by atoms with Crippen LogP contribution in [0.5, 0.6) is 0 Å². The molecule has 0 spiro atoms. The number of furan rings is 1. The lowest BCUT2D eigenvalue weighted by molar-refractivity contribution is -0.117. The van der Waals surface area contributed by atoms with Crippen LogP contribution >= 0.6 is 11.8 Å². The van der Waals surface area contributed by atoms with Gasteiger partial charge >= 0.3 is 6.03 Å². The van der Waals surface area contributed by atoms with Gasteiger partial charge in [0.1, 0.15) is 11.6 Å². The van der Waals surface area contributed by atoms with Crippen molar-refractivity contribution in [3.05, 3.63) is 66.9 Å². The summed E-state index contributed by atoms with van der Waals surface area (Å²) < 4.78 is 20.0. The predicted octanol–water partition coefficient (Wildman–Crippen LogP) is 2.98. The zero-order chi connectivity index (χ0) is 20.6. The summed E-state index contributed by atoms with van der Waals surface area (Å²) in [7, 11) is 0. The van der Waals surface area contributed by atoms with Crippen molar-refractivity contribution in [1.29, 1.82) is 0 Å². The largest absolute Gasteiger partial charge is 0.467 e. The Morgan fingerprint density at radius 3 is 2.72 bits per heavy atom. The van der Waals surface area contributed by atoms with E-state index in [0.717, 1.165) is 11.8 Å². The summed E-state index contributed by atoms with van der Waals surface area (Å²) in [5, 5.41) is 13.5. The number of hydrogen-bond acceptors (Lipinski definition) is 6. The SMILES string of the molecule is C=CCn1c(SCC(=O)NC(=O)NCc2ccco2)nnc1-c1ccc(F)cc1. The Morgan fingerprint density at radius 2 is 2.03 bits per heavy atom. The maximum absolute atomic E-state index is 13.2. The van der Waals surface area contributed by atoms with Crippen molar-refractivity contribution in [1.82, 2.24) is 25.4 Å². The van der Waals surface area contributed by atoms with Crippen molar-refractivity contribution < 1.29 is 18.4 Å². The summed E-state index contributed by atoms with van der Waals surface area (Å²) in [6.45, 7) is 4.30. The molecule has 10 heteroatoms. The Hall–Kier alpha value is -3.40. The van der Waals surface area contributed by atoms with Crippen LogP contribution in [0.3, 0.4) is 0 Å². The number of carbonyl (C=O) groups excluding carboxylic acids is 2. The van der Waals surface area contributed by atoms with E-state index in [9.17, 15) is 14.0 Å². The molecule has 0 radical (unpaired) electrons. The van der Waals surface area contributed by atoms with Gasteiger partial charge in [-0.3, -0.25) is 14.7 Å². The van der Waals surface area contributed by atoms with Crippen molar-refractivity contribution >= 4 is 23.7 Å². The van der Waals surface area contributed by atoms with Crippen LogP contribution in [0.25, 0.3) is 11.4 Å². The van der Waals surface area contributed by atoms with Gasteiger partial charge in [0.2, 0.25) is 5.91 Å². The third-order valence-electron chi connectivity index (χ3n) is 3.72. The number of urea groups is 1. The van der Waals surface area contributed by atoms with E-state index >= 15 is 0 Å². The number of aromatic nitrogens is 3. The second-order valence-electron chi connectivity index (χ2n) is 5.81. The molecule has 0 unspecified atom stereocenters. The Balaban J connectivity index is 1.58. The highest BCUT2D eigenvalue weighted by Gasteiger charge is 2.16. The number of allylic oxidation sites excluding steroid dienone is 1. The molecule has 150 valence electrons. The molecule has 2 heterocycles. The molecular formula is C19H18FN5O3S. The Kier molecular flexibility index (Phi) is 6.80. The topological polar surface area (TPSA) is 102 Å². The van der Waals surface area contributed by atoms with E-state index in [0.29, 0.717) is 28.8 Å². The van der Waals surface area contributed by atoms with Gasteiger partial charge in [0.25, 0.3) is 0 Å². The number of rotatable bonds is 8. The van der Waals surface area contributed by atoms with Crippen molar-refractivity contribution in [2.45, 2.75) is 18.2 Å². The van der Waals surface area contributed by atoms with Crippen LogP contribution < -0.4 is 10.6 Å². The number of halogens is 1. The smallest absolute Gasteiger partial charge is 0.321 e. The van der Waals surface area contributed by atoms with Gasteiger partial charge in [-0.15, -0.1) is 16.8 Å². The highest BCUT2D eigenvalue weighted by molar-refractivity contribution is 7.99. The van der Waals surface area contributed by atoms with Crippen LogP contribution in [0.2, 0.25) is 0 Å². The second-order valence-corrected chi connectivity index (χ2v) is 6.75. The maximum atomic E-state index is 13.2. The molecule has 3 aromatic rings. The Bertz CT molecular complexity index is 986. The van der Waals surface area contributed by atoms with Crippen molar-refractivity contribution in [3.8, 4) is 11.4 Å². The summed E-state index contributed by atoms with van der Waals surface area (Å²) in [5.41, 5.74) is 0.689. The molecule has 3 rings (SSSR count). The second kappa shape index (κ2) is 9.69. The first-order chi connectivity index (χ1) is 14.1. The van der Waals surface area contributed by atoms with E-state index in [2.05, 4.69) is 27.4 Å². The number of nitrogens with one attached hydrogen (secondary N) is 2. The van der Waals surface area contributed by atoms with Gasteiger partial charge in [-0.2, -0.15) is 0 Å². The molecular weight excluding hydrogens is 397 g/mol. The van der Waals surface area contributed by atoms with Gasteiger partial charge in [-0.05, 0) is 36.4 Å². The fourth-order valence-corrected chi connectivity index (χ4v) is 3.17. The lowest BCUT2D eigenvalue weighted by Gasteiger charge is -2.08. The third kappa shape index (κ3) is 5.55. The number of benzene rings is 1. The summed E-state index contributed by atoms with van der Waals surface area (Å²) in [5.74, 6) is 0.243. The lowest BCUT2D eigenvalue weighted by atomic mass is 10.2. The zero-order valence-corrected chi connectivity index (χ0v) is 16.1. The number of hydrogen-bond donors (Lipinski definition) is 2. The first kappa shape index (κ1) is 20.3. The number of amides is 3. The van der Waals surface area contributed by atoms with E-state index in [1.807, 2.05) is 0 Å². The number of carbonyl (C=O) groups is 2. The summed E-state index contributed by atoms with van der Waals surface area (Å²) in [4.78, 5) is 23.8. The minimum atomic E-state index is -0.619. The fourth-order valence-electron chi connectivity index (χ4n) is 2.42. The van der Waals surface area contributed by atoms with Gasteiger partial charge in [-0.25, -0.2) is 9.18 Å². The van der Waals surface area contributed by atoms with E-state index in [-0.39, 0.29) is 18.1 Å². The summed E-state index contributed by atoms with van der Waals surface area (Å²) in [6.07, 6.45) is 3.17. The highest BCUT2D eigenvalue weighted by Crippen LogP contribution is 2.24. The normalized spacial score (nSPS) is 10.5. The van der Waals surface area contributed by atoms with E-state index in [1.165, 1.54) is 18.4 Å². The molecule has 0 aliphatic carbocycles. The summed E-state index contributed by atoms with van der Waals surface area (Å²) in [6, 6.07) is 8.67. The van der Waals surface area contributed by atoms with E-state index in [4.69, 9.17) is 4.42 Å². The van der Waals surface area contributed by atoms with Crippen LogP contribution in [-0.2, 0) is 17.9 Å². The van der Waals surface area contributed by atoms with Crippen LogP contribution in [0.1, 0.15) is 5.76 Å². The zero-order valence-electron chi connectivity index (χ0n) is 15.3. The first-order valence-corrected chi connectivity index (χ1v) is 9.58. The monoisotopic (exact) mass is 415 g/mol. The molecule has 2 N–H and O–H groups in total. The quantitative estimate of drug-likeness (QED) is 0.433. The Morgan fingerprint density at radius 1 is 1.24 bits per heavy atom. The van der Waals surface area contributed by atoms with Crippen LogP contribution in [0, 0.1) is 5.82 Å². The molecule has 1 aromatic carbocycles. The van der Waals surface area contributed by atoms with E-state index < -0.39 is 11.9 Å². The molecule has 3 amide bonds. The minimum Gasteiger partial charge on any atom is -0.467 e. The number of nitrogens with zero attached hydrogens (tertiary/aromatic N) is 3. The van der Waals surface area contributed by atoms with Gasteiger partial charge in [0.15, 0.2) is 11.0 Å². The van der Waals surface area contributed by atoms with E-state index in [1.54, 1.807) is 34.9 Å². The standard InChI is InChI=1S/C19H18FN5O3S/c1-2-9-25-17(13-5-7-14(20)8-6-13)23-24-19(25)29-12-16(26)22-18(27)21-11-15-4-3-10-28-15/h2-8,10H,1,9,11-12H2,(H2,21,22,26,27). The molecule has 0 atom stereocenters. The number of thioether (sulfide) groups is 1. The molecule has 2 aromatic heterocycles. The van der Waals surface area contributed by atoms with Gasteiger partial charge in [0, 0.05) is 12.1 Å². The molecule has 0 aliphatic rings. The van der Waals surface area contributed by atoms with Crippen LogP contribution in [-0.4, -0.2) is 32.5 Å². The van der Waals surface area contributed by atoms with Crippen molar-refractivity contribution in [2.75, 3.05) is 5.75 Å². The van der Waals surface area contributed by atoms with Gasteiger partial charge in [-0.1, -0.05) is 17.8 Å².